The molecule has 0 saturated heterocycles. The normalized spacial score (nSPS) is 11.1. The third-order valence-electron chi connectivity index (χ3n) is 4.97. The number of carbonyl (C=O) groups excluding carboxylic acids is 2. The average Bonchev–Trinajstić information content (AvgIpc) is 3.37. The number of nitrogens with one attached hydrogen (secondary N) is 2. The molecule has 5 aromatic rings. The fourth-order valence-electron chi connectivity index (χ4n) is 3.30. The summed E-state index contributed by atoms with van der Waals surface area (Å²) in [5, 5.41) is 21.7. The van der Waals surface area contributed by atoms with Gasteiger partial charge in [0.1, 0.15) is 0 Å². The van der Waals surface area contributed by atoms with Crippen LogP contribution in [0.3, 0.4) is 0 Å². The molecule has 10 heteroatoms. The second-order valence-corrected chi connectivity index (χ2v) is 7.40. The molecule has 2 N–H and O–H groups in total. The van der Waals surface area contributed by atoms with Gasteiger partial charge in [0.2, 0.25) is 11.9 Å². The van der Waals surface area contributed by atoms with Gasteiger partial charge in [-0.25, -0.2) is 0 Å². The third-order valence-corrected chi connectivity index (χ3v) is 4.97. The summed E-state index contributed by atoms with van der Waals surface area (Å²) in [7, 11) is 0. The summed E-state index contributed by atoms with van der Waals surface area (Å²) in [5.74, 6) is -0.217. The van der Waals surface area contributed by atoms with Gasteiger partial charge in [0.05, 0.1) is 0 Å². The predicted molar refractivity (Wildman–Crippen MR) is 118 cm³/mol. The van der Waals surface area contributed by atoms with Crippen LogP contribution in [-0.2, 0) is 0 Å². The molecule has 4 aromatic heterocycles. The van der Waals surface area contributed by atoms with Crippen LogP contribution in [0.4, 0.5) is 11.9 Å². The van der Waals surface area contributed by atoms with Crippen molar-refractivity contribution in [3.05, 3.63) is 83.2 Å². The van der Waals surface area contributed by atoms with E-state index < -0.39 is 11.8 Å². The van der Waals surface area contributed by atoms with Crippen molar-refractivity contribution in [1.29, 1.82) is 0 Å². The highest BCUT2D eigenvalue weighted by Gasteiger charge is 2.15. The highest BCUT2D eigenvalue weighted by molar-refractivity contribution is 6.08. The highest BCUT2D eigenvalue weighted by atomic mass is 16.2. The Kier molecular flexibility index (Phi) is 4.59. The van der Waals surface area contributed by atoms with Gasteiger partial charge in [-0.2, -0.15) is 0 Å². The number of aryl methyl sites for hydroxylation is 2. The van der Waals surface area contributed by atoms with Gasteiger partial charge in [-0.3, -0.25) is 29.0 Å². The Labute approximate surface area is 181 Å². The minimum absolute atomic E-state index is 0.296. The number of rotatable bonds is 4. The Morgan fingerprint density at radius 2 is 1.16 bits per heavy atom. The fraction of sp³-hybridized carbons (Fsp3) is 0.0909. The van der Waals surface area contributed by atoms with Gasteiger partial charge in [-0.1, -0.05) is 6.07 Å². The second-order valence-electron chi connectivity index (χ2n) is 7.40. The van der Waals surface area contributed by atoms with Crippen molar-refractivity contribution < 1.29 is 9.59 Å². The van der Waals surface area contributed by atoms with E-state index in [1.807, 2.05) is 38.1 Å². The number of amides is 2. The van der Waals surface area contributed by atoms with E-state index in [0.29, 0.717) is 34.3 Å². The molecule has 4 heterocycles. The maximum Gasteiger partial charge on any atom is 0.258 e. The minimum atomic E-state index is -0.405. The summed E-state index contributed by atoms with van der Waals surface area (Å²) in [4.78, 5) is 25.5. The maximum atomic E-state index is 12.8. The van der Waals surface area contributed by atoms with Crippen LogP contribution < -0.4 is 10.6 Å². The summed E-state index contributed by atoms with van der Waals surface area (Å²) in [5.41, 5.74) is 3.95. The number of pyridine rings is 2. The lowest BCUT2D eigenvalue weighted by molar-refractivity contribution is 0.102. The highest BCUT2D eigenvalue weighted by Crippen LogP contribution is 2.15. The first kappa shape index (κ1) is 19.4. The lowest BCUT2D eigenvalue weighted by atomic mass is 10.1. The first-order chi connectivity index (χ1) is 15.5. The number of aromatic nitrogens is 6. The number of benzene rings is 1. The molecule has 0 saturated carbocycles. The summed E-state index contributed by atoms with van der Waals surface area (Å²) >= 11 is 0. The molecule has 0 aliphatic rings. The van der Waals surface area contributed by atoms with E-state index in [0.717, 1.165) is 11.1 Å². The summed E-state index contributed by atoms with van der Waals surface area (Å²) in [6.45, 7) is 3.90. The van der Waals surface area contributed by atoms with Gasteiger partial charge in [0, 0.05) is 23.5 Å². The van der Waals surface area contributed by atoms with Crippen LogP contribution in [0.1, 0.15) is 31.8 Å². The number of nitrogens with zero attached hydrogens (tertiary/aromatic N) is 6. The van der Waals surface area contributed by atoms with Crippen LogP contribution >= 0.6 is 0 Å². The van der Waals surface area contributed by atoms with Gasteiger partial charge >= 0.3 is 0 Å². The van der Waals surface area contributed by atoms with E-state index in [9.17, 15) is 9.59 Å². The number of hydrogen-bond donors (Lipinski definition) is 2. The molecule has 158 valence electrons. The first-order valence-corrected chi connectivity index (χ1v) is 9.83. The first-order valence-electron chi connectivity index (χ1n) is 9.83. The van der Waals surface area contributed by atoms with Crippen LogP contribution in [0, 0.1) is 13.8 Å². The van der Waals surface area contributed by atoms with Gasteiger partial charge in [-0.15, -0.1) is 20.4 Å². The van der Waals surface area contributed by atoms with Crippen LogP contribution in [0.25, 0.3) is 11.3 Å². The quantitative estimate of drug-likeness (QED) is 0.456. The molecule has 0 bridgehead atoms. The van der Waals surface area contributed by atoms with E-state index in [-0.39, 0.29) is 0 Å². The number of carbonyl (C=O) groups is 2. The van der Waals surface area contributed by atoms with Gasteiger partial charge in [0.15, 0.2) is 11.3 Å². The van der Waals surface area contributed by atoms with Crippen molar-refractivity contribution in [2.45, 2.75) is 13.8 Å². The van der Waals surface area contributed by atoms with Crippen molar-refractivity contribution in [1.82, 2.24) is 29.2 Å². The Morgan fingerprint density at radius 1 is 0.688 bits per heavy atom. The number of anilines is 2. The molecule has 0 aliphatic carbocycles. The van der Waals surface area contributed by atoms with Crippen LogP contribution in [-0.4, -0.2) is 41.0 Å². The number of hydrogen-bond acceptors (Lipinski definition) is 6. The zero-order chi connectivity index (χ0) is 22.2. The standard InChI is InChI=1S/C22H18N8O2/c1-13-6-8-29-17(10-13)25-27-21(29)23-19(31)15-4-3-5-16(12-15)20(32)24-22-28-26-18-11-14(2)7-9-30(18)22/h3-12H,1-2H3,(H,23,27,31)(H,24,28,32). The minimum Gasteiger partial charge on any atom is -0.290 e. The number of fused-ring (bicyclic) bond motifs is 2. The van der Waals surface area contributed by atoms with Crippen molar-refractivity contribution in [2.24, 2.45) is 0 Å². The zero-order valence-corrected chi connectivity index (χ0v) is 17.3. The van der Waals surface area contributed by atoms with Gasteiger partial charge in [-0.05, 0) is 67.4 Å². The molecule has 1 aromatic carbocycles. The second kappa shape index (κ2) is 7.58. The van der Waals surface area contributed by atoms with Crippen LogP contribution in [0.2, 0.25) is 0 Å². The van der Waals surface area contributed by atoms with E-state index >= 15 is 0 Å². The molecule has 2 amide bonds. The topological polar surface area (TPSA) is 119 Å². The van der Waals surface area contributed by atoms with Crippen LogP contribution in [0.15, 0.2) is 60.9 Å². The summed E-state index contributed by atoms with van der Waals surface area (Å²) in [6.07, 6.45) is 3.57. The third kappa shape index (κ3) is 3.54. The van der Waals surface area contributed by atoms with E-state index in [1.165, 1.54) is 6.07 Å². The Morgan fingerprint density at radius 3 is 1.62 bits per heavy atom. The van der Waals surface area contributed by atoms with E-state index in [2.05, 4.69) is 31.0 Å². The molecule has 32 heavy (non-hydrogen) atoms. The molecule has 0 aliphatic heterocycles. The van der Waals surface area contributed by atoms with E-state index in [1.54, 1.807) is 39.4 Å². The zero-order valence-electron chi connectivity index (χ0n) is 17.3. The monoisotopic (exact) mass is 426 g/mol. The molecule has 10 nitrogen and oxygen atoms in total. The Balaban J connectivity index is 1.36. The molecular formula is C22H18N8O2. The molecule has 0 spiro atoms. The molecule has 0 atom stereocenters. The van der Waals surface area contributed by atoms with Gasteiger partial charge in [0.25, 0.3) is 11.8 Å². The molecule has 0 fully saturated rings. The largest absolute Gasteiger partial charge is 0.290 e. The molecule has 5 rings (SSSR count). The maximum absolute atomic E-state index is 12.8. The Hall–Kier alpha value is -4.60. The van der Waals surface area contributed by atoms with Crippen molar-refractivity contribution >= 4 is 35.0 Å². The summed E-state index contributed by atoms with van der Waals surface area (Å²) in [6, 6.07) is 13.9. The SMILES string of the molecule is Cc1ccn2c(NC(=O)c3cccc(C(=O)Nc4nnc5cc(C)ccn45)c3)nnc2c1. The van der Waals surface area contributed by atoms with Crippen molar-refractivity contribution in [3.63, 3.8) is 0 Å². The van der Waals surface area contributed by atoms with E-state index in [4.69, 9.17) is 0 Å². The van der Waals surface area contributed by atoms with Crippen LogP contribution in [0.5, 0.6) is 0 Å². The molecule has 0 unspecified atom stereocenters. The van der Waals surface area contributed by atoms with Crippen molar-refractivity contribution in [3.8, 4) is 0 Å². The molecular weight excluding hydrogens is 408 g/mol. The Bertz CT molecular complexity index is 1390. The summed E-state index contributed by atoms with van der Waals surface area (Å²) < 4.78 is 3.36. The van der Waals surface area contributed by atoms with Gasteiger partial charge < -0.3 is 0 Å². The lowest BCUT2D eigenvalue weighted by Crippen LogP contribution is -2.17. The predicted octanol–water partition coefficient (Wildman–Crippen LogP) is 2.89. The molecule has 0 radical (unpaired) electrons. The average molecular weight is 426 g/mol. The lowest BCUT2D eigenvalue weighted by Gasteiger charge is -2.07. The smallest absolute Gasteiger partial charge is 0.258 e. The van der Waals surface area contributed by atoms with Crippen molar-refractivity contribution in [2.75, 3.05) is 10.6 Å². The fourth-order valence-corrected chi connectivity index (χ4v) is 3.30.